The number of hydrogen-bond donors (Lipinski definition) is 1. The van der Waals surface area contributed by atoms with Crippen molar-refractivity contribution in [1.82, 2.24) is 4.98 Å². The highest BCUT2D eigenvalue weighted by Gasteiger charge is 2.18. The lowest BCUT2D eigenvalue weighted by Gasteiger charge is -2.14. The Hall–Kier alpha value is -3.48. The average molecular weight is 491 g/mol. The van der Waals surface area contributed by atoms with Crippen molar-refractivity contribution in [2.24, 2.45) is 0 Å². The molecule has 0 fully saturated rings. The van der Waals surface area contributed by atoms with Crippen LogP contribution in [0.2, 0.25) is 5.02 Å². The third kappa shape index (κ3) is 5.19. The molecule has 5 nitrogen and oxygen atoms in total. The second-order valence-electron chi connectivity index (χ2n) is 8.22. The van der Waals surface area contributed by atoms with Gasteiger partial charge in [0.1, 0.15) is 0 Å². The van der Waals surface area contributed by atoms with Crippen LogP contribution in [0.5, 0.6) is 0 Å². The van der Waals surface area contributed by atoms with E-state index in [2.05, 4.69) is 10.3 Å². The fourth-order valence-electron chi connectivity index (χ4n) is 3.84. The van der Waals surface area contributed by atoms with Crippen molar-refractivity contribution in [2.45, 2.75) is 18.7 Å². The molecule has 34 heavy (non-hydrogen) atoms. The van der Waals surface area contributed by atoms with Gasteiger partial charge in [0.15, 0.2) is 9.84 Å². The lowest BCUT2D eigenvalue weighted by molar-refractivity contribution is 0.102. The van der Waals surface area contributed by atoms with E-state index in [1.165, 1.54) is 6.07 Å². The van der Waals surface area contributed by atoms with Gasteiger partial charge in [0.05, 0.1) is 15.6 Å². The molecule has 3 aromatic carbocycles. The molecule has 1 aromatic heterocycles. The van der Waals surface area contributed by atoms with Gasteiger partial charge in [0.2, 0.25) is 0 Å². The number of benzene rings is 3. The second kappa shape index (κ2) is 9.41. The molecule has 0 spiro atoms. The van der Waals surface area contributed by atoms with E-state index < -0.39 is 9.84 Å². The molecule has 0 aliphatic heterocycles. The molecule has 0 radical (unpaired) electrons. The van der Waals surface area contributed by atoms with Crippen LogP contribution in [-0.2, 0) is 9.84 Å². The lowest BCUT2D eigenvalue weighted by Crippen LogP contribution is -2.14. The Morgan fingerprint density at radius 2 is 1.62 bits per heavy atom. The van der Waals surface area contributed by atoms with Crippen LogP contribution in [0.3, 0.4) is 0 Å². The van der Waals surface area contributed by atoms with Gasteiger partial charge in [-0.25, -0.2) is 8.42 Å². The number of pyridine rings is 1. The Labute approximate surface area is 204 Å². The normalized spacial score (nSPS) is 11.3. The van der Waals surface area contributed by atoms with E-state index >= 15 is 0 Å². The highest BCUT2D eigenvalue weighted by Crippen LogP contribution is 2.32. The van der Waals surface area contributed by atoms with E-state index in [-0.39, 0.29) is 10.8 Å². The maximum Gasteiger partial charge on any atom is 0.256 e. The van der Waals surface area contributed by atoms with E-state index in [9.17, 15) is 13.2 Å². The van der Waals surface area contributed by atoms with Crippen LogP contribution >= 0.6 is 11.6 Å². The Morgan fingerprint density at radius 1 is 0.882 bits per heavy atom. The minimum Gasteiger partial charge on any atom is -0.322 e. The lowest BCUT2D eigenvalue weighted by atomic mass is 9.96. The van der Waals surface area contributed by atoms with Gasteiger partial charge in [-0.3, -0.25) is 9.78 Å². The number of halogens is 1. The number of sulfone groups is 1. The largest absolute Gasteiger partial charge is 0.322 e. The number of carbonyl (C=O) groups excluding carboxylic acids is 1. The first kappa shape index (κ1) is 23.7. The van der Waals surface area contributed by atoms with E-state index in [4.69, 9.17) is 11.6 Å². The summed E-state index contributed by atoms with van der Waals surface area (Å²) in [6, 6.07) is 21.2. The summed E-state index contributed by atoms with van der Waals surface area (Å²) in [6.45, 7) is 3.92. The van der Waals surface area contributed by atoms with Gasteiger partial charge < -0.3 is 5.32 Å². The van der Waals surface area contributed by atoms with Crippen LogP contribution in [0.4, 0.5) is 5.69 Å². The fraction of sp³-hybridized carbons (Fsp3) is 0.111. The van der Waals surface area contributed by atoms with Crippen molar-refractivity contribution in [1.29, 1.82) is 0 Å². The molecule has 1 heterocycles. The van der Waals surface area contributed by atoms with E-state index in [0.717, 1.165) is 22.9 Å². The summed E-state index contributed by atoms with van der Waals surface area (Å²) < 4.78 is 24.4. The number of hydrogen-bond acceptors (Lipinski definition) is 4. The van der Waals surface area contributed by atoms with Crippen molar-refractivity contribution >= 4 is 33.0 Å². The van der Waals surface area contributed by atoms with Gasteiger partial charge in [-0.2, -0.15) is 0 Å². The molecule has 0 saturated heterocycles. The Morgan fingerprint density at radius 3 is 2.26 bits per heavy atom. The third-order valence-electron chi connectivity index (χ3n) is 5.36. The number of nitrogens with zero attached hydrogens (tertiary/aromatic N) is 1. The molecule has 7 heteroatoms. The first-order valence-electron chi connectivity index (χ1n) is 10.6. The summed E-state index contributed by atoms with van der Waals surface area (Å²) in [5.41, 5.74) is 5.66. The monoisotopic (exact) mass is 490 g/mol. The van der Waals surface area contributed by atoms with Gasteiger partial charge in [-0.1, -0.05) is 47.0 Å². The standard InChI is InChI=1S/C27H23ClN2O3S/c1-17-12-18(2)14-19(13-17)23-16-21(34(3,32)33)8-9-22(23)27(31)30-20-7-10-25(28)24(15-20)26-6-4-5-11-29-26/h4-16H,1-3H3,(H,30,31). The van der Waals surface area contributed by atoms with E-state index in [0.29, 0.717) is 33.1 Å². The molecule has 1 N–H and O–H groups in total. The van der Waals surface area contributed by atoms with Gasteiger partial charge in [0, 0.05) is 29.3 Å². The van der Waals surface area contributed by atoms with E-state index in [1.807, 2.05) is 50.2 Å². The molecule has 0 aliphatic rings. The first-order chi connectivity index (χ1) is 16.1. The number of carbonyl (C=O) groups is 1. The molecule has 1 amide bonds. The number of anilines is 1. The first-order valence-corrected chi connectivity index (χ1v) is 12.8. The summed E-state index contributed by atoms with van der Waals surface area (Å²) in [5.74, 6) is -0.358. The Kier molecular flexibility index (Phi) is 6.55. The van der Waals surface area contributed by atoms with Crippen molar-refractivity contribution in [3.8, 4) is 22.4 Å². The maximum atomic E-state index is 13.4. The Balaban J connectivity index is 1.77. The zero-order valence-corrected chi connectivity index (χ0v) is 20.5. The number of aromatic nitrogens is 1. The molecule has 0 aliphatic carbocycles. The third-order valence-corrected chi connectivity index (χ3v) is 6.80. The predicted octanol–water partition coefficient (Wildman–Crippen LogP) is 6.34. The highest BCUT2D eigenvalue weighted by atomic mass is 35.5. The molecule has 0 bridgehead atoms. The summed E-state index contributed by atoms with van der Waals surface area (Å²) in [6.07, 6.45) is 2.83. The zero-order valence-electron chi connectivity index (χ0n) is 19.0. The van der Waals surface area contributed by atoms with Crippen LogP contribution < -0.4 is 5.32 Å². The van der Waals surface area contributed by atoms with E-state index in [1.54, 1.807) is 36.5 Å². The molecule has 0 atom stereocenters. The SMILES string of the molecule is Cc1cc(C)cc(-c2cc(S(C)(=O)=O)ccc2C(=O)Nc2ccc(Cl)c(-c3ccccn3)c2)c1. The molecule has 0 saturated carbocycles. The molecule has 0 unspecified atom stereocenters. The zero-order chi connectivity index (χ0) is 24.5. The minimum absolute atomic E-state index is 0.155. The molecule has 4 aromatic rings. The van der Waals surface area contributed by atoms with Crippen LogP contribution in [0.25, 0.3) is 22.4 Å². The summed E-state index contributed by atoms with van der Waals surface area (Å²) in [7, 11) is -3.45. The van der Waals surface area contributed by atoms with Crippen molar-refractivity contribution in [3.63, 3.8) is 0 Å². The van der Waals surface area contributed by atoms with Crippen LogP contribution in [0, 0.1) is 13.8 Å². The number of amides is 1. The molecule has 172 valence electrons. The highest BCUT2D eigenvalue weighted by molar-refractivity contribution is 7.90. The average Bonchev–Trinajstić information content (AvgIpc) is 2.79. The predicted molar refractivity (Wildman–Crippen MR) is 137 cm³/mol. The van der Waals surface area contributed by atoms with Gasteiger partial charge >= 0.3 is 0 Å². The quantitative estimate of drug-likeness (QED) is 0.354. The Bertz CT molecular complexity index is 1480. The smallest absolute Gasteiger partial charge is 0.256 e. The fourth-order valence-corrected chi connectivity index (χ4v) is 4.70. The van der Waals surface area contributed by atoms with Crippen LogP contribution in [0.15, 0.2) is 83.9 Å². The topological polar surface area (TPSA) is 76.1 Å². The van der Waals surface area contributed by atoms with Crippen molar-refractivity contribution < 1.29 is 13.2 Å². The molecular formula is C27H23ClN2O3S. The van der Waals surface area contributed by atoms with Gasteiger partial charge in [-0.15, -0.1) is 0 Å². The van der Waals surface area contributed by atoms with Crippen LogP contribution in [-0.4, -0.2) is 25.6 Å². The number of aryl methyl sites for hydroxylation is 2. The summed E-state index contributed by atoms with van der Waals surface area (Å²) in [4.78, 5) is 17.9. The minimum atomic E-state index is -3.45. The van der Waals surface area contributed by atoms with Crippen molar-refractivity contribution in [2.75, 3.05) is 11.6 Å². The number of nitrogens with one attached hydrogen (secondary N) is 1. The van der Waals surface area contributed by atoms with Crippen molar-refractivity contribution in [3.05, 3.63) is 101 Å². The number of rotatable bonds is 5. The molecular weight excluding hydrogens is 468 g/mol. The van der Waals surface area contributed by atoms with Gasteiger partial charge in [-0.05, 0) is 73.5 Å². The van der Waals surface area contributed by atoms with Crippen LogP contribution in [0.1, 0.15) is 21.5 Å². The summed E-state index contributed by atoms with van der Waals surface area (Å²) in [5, 5.41) is 3.44. The summed E-state index contributed by atoms with van der Waals surface area (Å²) >= 11 is 6.37. The second-order valence-corrected chi connectivity index (χ2v) is 10.6. The molecule has 4 rings (SSSR count). The maximum absolute atomic E-state index is 13.4. The van der Waals surface area contributed by atoms with Gasteiger partial charge in [0.25, 0.3) is 5.91 Å².